The van der Waals surface area contributed by atoms with Gasteiger partial charge in [0.2, 0.25) is 0 Å². The SMILES string of the molecule is NC1=NC(c2ccccc2)=Cn2ccnc2C1. The van der Waals surface area contributed by atoms with Gasteiger partial charge in [0.1, 0.15) is 11.7 Å². The van der Waals surface area contributed by atoms with Gasteiger partial charge in [-0.15, -0.1) is 0 Å². The van der Waals surface area contributed by atoms with Crippen LogP contribution in [0.3, 0.4) is 0 Å². The largest absolute Gasteiger partial charge is 0.387 e. The number of hydrogen-bond donors (Lipinski definition) is 1. The van der Waals surface area contributed by atoms with E-state index in [4.69, 9.17) is 5.73 Å². The Morgan fingerprint density at radius 2 is 2.00 bits per heavy atom. The molecule has 0 bridgehead atoms. The van der Waals surface area contributed by atoms with Gasteiger partial charge in [-0.05, 0) is 0 Å². The van der Waals surface area contributed by atoms with Crippen molar-refractivity contribution in [2.24, 2.45) is 10.7 Å². The summed E-state index contributed by atoms with van der Waals surface area (Å²) < 4.78 is 1.96. The van der Waals surface area contributed by atoms with Crippen molar-refractivity contribution in [1.82, 2.24) is 9.55 Å². The third kappa shape index (κ3) is 1.85. The average Bonchev–Trinajstić information content (AvgIpc) is 2.70. The summed E-state index contributed by atoms with van der Waals surface area (Å²) in [6.45, 7) is 0. The van der Waals surface area contributed by atoms with E-state index in [0.29, 0.717) is 12.3 Å². The Morgan fingerprint density at radius 1 is 1.18 bits per heavy atom. The molecule has 2 heterocycles. The molecule has 0 radical (unpaired) electrons. The summed E-state index contributed by atoms with van der Waals surface area (Å²) in [6, 6.07) is 9.99. The second kappa shape index (κ2) is 3.90. The monoisotopic (exact) mass is 224 g/mol. The maximum atomic E-state index is 5.89. The van der Waals surface area contributed by atoms with Crippen molar-refractivity contribution in [2.75, 3.05) is 0 Å². The summed E-state index contributed by atoms with van der Waals surface area (Å²) >= 11 is 0. The molecule has 0 saturated carbocycles. The number of fused-ring (bicyclic) bond motifs is 1. The topological polar surface area (TPSA) is 56.2 Å². The highest BCUT2D eigenvalue weighted by molar-refractivity contribution is 5.91. The van der Waals surface area contributed by atoms with Gasteiger partial charge in [0, 0.05) is 24.2 Å². The molecule has 1 aliphatic heterocycles. The predicted molar refractivity (Wildman–Crippen MR) is 68.2 cm³/mol. The Labute approximate surface area is 99.1 Å². The Bertz CT molecular complexity index is 593. The molecule has 0 atom stereocenters. The van der Waals surface area contributed by atoms with Crippen LogP contribution in [0.4, 0.5) is 0 Å². The van der Waals surface area contributed by atoms with Crippen LogP contribution in [0.25, 0.3) is 11.9 Å². The van der Waals surface area contributed by atoms with Gasteiger partial charge in [-0.2, -0.15) is 0 Å². The van der Waals surface area contributed by atoms with Crippen molar-refractivity contribution in [3.05, 3.63) is 54.1 Å². The fourth-order valence-electron chi connectivity index (χ4n) is 1.86. The number of nitrogens with two attached hydrogens (primary N) is 1. The van der Waals surface area contributed by atoms with Crippen molar-refractivity contribution >= 4 is 17.7 Å². The third-order valence-electron chi connectivity index (χ3n) is 2.68. The minimum absolute atomic E-state index is 0.583. The second-order valence-corrected chi connectivity index (χ2v) is 3.91. The Kier molecular flexibility index (Phi) is 2.26. The van der Waals surface area contributed by atoms with Crippen LogP contribution >= 0.6 is 0 Å². The van der Waals surface area contributed by atoms with Crippen LogP contribution < -0.4 is 5.73 Å². The molecule has 84 valence electrons. The molecule has 2 aromatic rings. The Hall–Kier alpha value is -2.36. The maximum Gasteiger partial charge on any atom is 0.120 e. The quantitative estimate of drug-likeness (QED) is 0.802. The van der Waals surface area contributed by atoms with Gasteiger partial charge in [-0.3, -0.25) is 0 Å². The normalized spacial score (nSPS) is 14.6. The number of amidine groups is 1. The summed E-state index contributed by atoms with van der Waals surface area (Å²) in [5.74, 6) is 1.50. The van der Waals surface area contributed by atoms with Crippen molar-refractivity contribution in [3.8, 4) is 0 Å². The molecule has 1 aromatic carbocycles. The number of aromatic nitrogens is 2. The molecular weight excluding hydrogens is 212 g/mol. The number of imidazole rings is 1. The van der Waals surface area contributed by atoms with E-state index in [1.165, 1.54) is 0 Å². The highest BCUT2D eigenvalue weighted by atomic mass is 15.1. The molecule has 0 unspecified atom stereocenters. The van der Waals surface area contributed by atoms with Crippen molar-refractivity contribution in [2.45, 2.75) is 6.42 Å². The first-order valence-corrected chi connectivity index (χ1v) is 5.45. The molecule has 1 aromatic heterocycles. The minimum atomic E-state index is 0.583. The summed E-state index contributed by atoms with van der Waals surface area (Å²) in [5.41, 5.74) is 7.81. The van der Waals surface area contributed by atoms with Crippen LogP contribution in [0.15, 0.2) is 47.7 Å². The minimum Gasteiger partial charge on any atom is -0.387 e. The number of benzene rings is 1. The third-order valence-corrected chi connectivity index (χ3v) is 2.68. The number of nitrogens with zero attached hydrogens (tertiary/aromatic N) is 3. The Morgan fingerprint density at radius 3 is 2.82 bits per heavy atom. The smallest absolute Gasteiger partial charge is 0.120 e. The van der Waals surface area contributed by atoms with Crippen molar-refractivity contribution in [3.63, 3.8) is 0 Å². The molecule has 0 spiro atoms. The number of aliphatic imine (C=N–C) groups is 1. The Balaban J connectivity index is 2.13. The summed E-state index contributed by atoms with van der Waals surface area (Å²) in [5, 5.41) is 0. The van der Waals surface area contributed by atoms with E-state index in [9.17, 15) is 0 Å². The van der Waals surface area contributed by atoms with Gasteiger partial charge >= 0.3 is 0 Å². The number of hydrogen-bond acceptors (Lipinski definition) is 3. The van der Waals surface area contributed by atoms with E-state index in [0.717, 1.165) is 17.1 Å². The molecule has 0 aliphatic carbocycles. The predicted octanol–water partition coefficient (Wildman–Crippen LogP) is 1.75. The lowest BCUT2D eigenvalue weighted by Crippen LogP contribution is -2.15. The fraction of sp³-hybridized carbons (Fsp3) is 0.0769. The van der Waals surface area contributed by atoms with Crippen LogP contribution in [0, 0.1) is 0 Å². The molecule has 2 N–H and O–H groups in total. The molecule has 1 aliphatic rings. The van der Waals surface area contributed by atoms with Crippen LogP contribution in [0.5, 0.6) is 0 Å². The zero-order valence-corrected chi connectivity index (χ0v) is 9.24. The van der Waals surface area contributed by atoms with Crippen molar-refractivity contribution < 1.29 is 0 Å². The first-order valence-electron chi connectivity index (χ1n) is 5.45. The van der Waals surface area contributed by atoms with Gasteiger partial charge in [-0.1, -0.05) is 30.3 Å². The molecule has 3 rings (SSSR count). The molecule has 17 heavy (non-hydrogen) atoms. The first kappa shape index (κ1) is 9.84. The lowest BCUT2D eigenvalue weighted by atomic mass is 10.2. The van der Waals surface area contributed by atoms with Gasteiger partial charge in [-0.25, -0.2) is 9.98 Å². The van der Waals surface area contributed by atoms with E-state index in [-0.39, 0.29) is 0 Å². The zero-order valence-electron chi connectivity index (χ0n) is 9.24. The fourth-order valence-corrected chi connectivity index (χ4v) is 1.86. The standard InChI is InChI=1S/C13H12N4/c14-12-8-13-15-6-7-17(13)9-11(16-12)10-4-2-1-3-5-10/h1-7,9H,8H2,(H2,14,16). The molecular formula is C13H12N4. The first-order chi connectivity index (χ1) is 8.33. The van der Waals surface area contributed by atoms with E-state index < -0.39 is 0 Å². The molecule has 0 amide bonds. The van der Waals surface area contributed by atoms with Crippen molar-refractivity contribution in [1.29, 1.82) is 0 Å². The molecule has 4 heteroatoms. The lowest BCUT2D eigenvalue weighted by molar-refractivity contribution is 0.993. The zero-order chi connectivity index (χ0) is 11.7. The average molecular weight is 224 g/mol. The summed E-state index contributed by atoms with van der Waals surface area (Å²) in [6.07, 6.45) is 6.22. The summed E-state index contributed by atoms with van der Waals surface area (Å²) in [7, 11) is 0. The van der Waals surface area contributed by atoms with E-state index in [1.54, 1.807) is 6.20 Å². The summed E-state index contributed by atoms with van der Waals surface area (Å²) in [4.78, 5) is 8.68. The highest BCUT2D eigenvalue weighted by Crippen LogP contribution is 2.20. The van der Waals surface area contributed by atoms with Gasteiger partial charge in [0.25, 0.3) is 0 Å². The van der Waals surface area contributed by atoms with E-state index in [1.807, 2.05) is 47.3 Å². The van der Waals surface area contributed by atoms with Gasteiger partial charge in [0.15, 0.2) is 0 Å². The number of rotatable bonds is 1. The van der Waals surface area contributed by atoms with Crippen LogP contribution in [0.1, 0.15) is 11.4 Å². The molecule has 0 fully saturated rings. The van der Waals surface area contributed by atoms with Crippen LogP contribution in [0.2, 0.25) is 0 Å². The van der Waals surface area contributed by atoms with E-state index >= 15 is 0 Å². The highest BCUT2D eigenvalue weighted by Gasteiger charge is 2.10. The van der Waals surface area contributed by atoms with Crippen LogP contribution in [-0.4, -0.2) is 15.4 Å². The van der Waals surface area contributed by atoms with Crippen LogP contribution in [-0.2, 0) is 6.42 Å². The van der Waals surface area contributed by atoms with E-state index in [2.05, 4.69) is 9.98 Å². The van der Waals surface area contributed by atoms with Gasteiger partial charge in [0.05, 0.1) is 12.1 Å². The molecule has 4 nitrogen and oxygen atoms in total. The second-order valence-electron chi connectivity index (χ2n) is 3.91. The lowest BCUT2D eigenvalue weighted by Gasteiger charge is -2.01. The maximum absolute atomic E-state index is 5.89. The molecule has 0 saturated heterocycles. The van der Waals surface area contributed by atoms with Gasteiger partial charge < -0.3 is 10.3 Å².